The molecule has 2 aliphatic heterocycles. The number of likely N-dealkylation sites (tertiary alicyclic amines) is 1. The zero-order valence-electron chi connectivity index (χ0n) is 28.1. The first-order valence-corrected chi connectivity index (χ1v) is 18.1. The van der Waals surface area contributed by atoms with E-state index < -0.39 is 48.6 Å². The number of aromatic carboxylic acids is 1. The molecule has 2 aromatic carbocycles. The molecule has 15 heteroatoms. The molecule has 0 bridgehead atoms. The van der Waals surface area contributed by atoms with Crippen LogP contribution in [0.1, 0.15) is 86.4 Å². The summed E-state index contributed by atoms with van der Waals surface area (Å²) in [6.45, 7) is 6.16. The lowest BCUT2D eigenvalue weighted by molar-refractivity contribution is -0.387. The predicted molar refractivity (Wildman–Crippen MR) is 178 cm³/mol. The van der Waals surface area contributed by atoms with Crippen molar-refractivity contribution in [2.24, 2.45) is 5.41 Å². The Morgan fingerprint density at radius 3 is 2.33 bits per heavy atom. The van der Waals surface area contributed by atoms with Gasteiger partial charge in [-0.1, -0.05) is 12.1 Å². The Kier molecular flexibility index (Phi) is 10.5. The van der Waals surface area contributed by atoms with Gasteiger partial charge in [0.05, 0.1) is 16.1 Å². The van der Waals surface area contributed by atoms with Crippen LogP contribution in [-0.4, -0.2) is 101 Å². The fourth-order valence-corrected chi connectivity index (χ4v) is 8.34. The van der Waals surface area contributed by atoms with E-state index in [0.29, 0.717) is 45.3 Å². The number of fused-ring (bicyclic) bond motifs is 1. The van der Waals surface area contributed by atoms with Crippen molar-refractivity contribution in [3.05, 3.63) is 63.7 Å². The van der Waals surface area contributed by atoms with E-state index in [1.807, 2.05) is 4.90 Å². The van der Waals surface area contributed by atoms with Gasteiger partial charge in [-0.25, -0.2) is 18.0 Å². The van der Waals surface area contributed by atoms with E-state index in [-0.39, 0.29) is 48.5 Å². The summed E-state index contributed by atoms with van der Waals surface area (Å²) in [4.78, 5) is 53.4. The Labute approximate surface area is 286 Å². The summed E-state index contributed by atoms with van der Waals surface area (Å²) in [5.41, 5.74) is -1.73. The molecule has 1 N–H and O–H groups in total. The molecule has 0 atom stereocenters. The summed E-state index contributed by atoms with van der Waals surface area (Å²) in [5.74, 6) is -1.45. The number of sulfonamides is 1. The summed E-state index contributed by atoms with van der Waals surface area (Å²) in [6, 6.07) is 9.17. The van der Waals surface area contributed by atoms with Crippen LogP contribution in [0.25, 0.3) is 0 Å². The Bertz CT molecular complexity index is 1690. The normalized spacial score (nSPS) is 19.8. The lowest BCUT2D eigenvalue weighted by Gasteiger charge is -2.48. The maximum atomic E-state index is 14.4. The molecule has 266 valence electrons. The molecule has 0 radical (unpaired) electrons. The minimum Gasteiger partial charge on any atom is -0.491 e. The number of nitro benzene ring substituents is 1. The molecular weight excluding hydrogens is 656 g/mol. The molecular formula is C34H44N4O10S. The van der Waals surface area contributed by atoms with Gasteiger partial charge >= 0.3 is 12.1 Å². The Hall–Kier alpha value is -4.24. The fraction of sp³-hybridized carbons (Fsp3) is 0.559. The van der Waals surface area contributed by atoms with E-state index in [1.165, 1.54) is 40.7 Å². The van der Waals surface area contributed by atoms with Gasteiger partial charge in [-0.3, -0.25) is 14.9 Å². The lowest BCUT2D eigenvalue weighted by atomic mass is 9.73. The van der Waals surface area contributed by atoms with Gasteiger partial charge in [0.2, 0.25) is 10.0 Å². The number of carbonyl (C=O) groups is 3. The second kappa shape index (κ2) is 14.3. The van der Waals surface area contributed by atoms with Crippen LogP contribution in [0.15, 0.2) is 47.4 Å². The summed E-state index contributed by atoms with van der Waals surface area (Å²) in [7, 11) is -4.35. The summed E-state index contributed by atoms with van der Waals surface area (Å²) < 4.78 is 40.8. The van der Waals surface area contributed by atoms with Crippen molar-refractivity contribution in [2.75, 3.05) is 39.3 Å². The number of benzene rings is 2. The summed E-state index contributed by atoms with van der Waals surface area (Å²) >= 11 is 0. The monoisotopic (exact) mass is 700 g/mol. The van der Waals surface area contributed by atoms with Crippen LogP contribution < -0.4 is 4.74 Å². The van der Waals surface area contributed by atoms with E-state index >= 15 is 0 Å². The molecule has 2 fully saturated rings. The van der Waals surface area contributed by atoms with Gasteiger partial charge in [-0.05, 0) is 95.4 Å². The maximum Gasteiger partial charge on any atom is 0.410 e. The topological polar surface area (TPSA) is 177 Å². The van der Waals surface area contributed by atoms with Gasteiger partial charge in [-0.2, -0.15) is 4.31 Å². The van der Waals surface area contributed by atoms with Crippen LogP contribution in [0.5, 0.6) is 5.75 Å². The molecule has 1 saturated carbocycles. The fourth-order valence-electron chi connectivity index (χ4n) is 6.72. The molecule has 3 aliphatic rings. The largest absolute Gasteiger partial charge is 0.491 e. The van der Waals surface area contributed by atoms with Gasteiger partial charge in [0.15, 0.2) is 4.90 Å². The highest BCUT2D eigenvalue weighted by Crippen LogP contribution is 2.41. The number of para-hydroxylation sites is 1. The second-order valence-electron chi connectivity index (χ2n) is 14.1. The number of nitro groups is 1. The Morgan fingerprint density at radius 2 is 1.71 bits per heavy atom. The summed E-state index contributed by atoms with van der Waals surface area (Å²) in [6.07, 6.45) is 4.06. The molecule has 0 aromatic heterocycles. The average Bonchev–Trinajstić information content (AvgIpc) is 3.02. The number of piperidine rings is 1. The van der Waals surface area contributed by atoms with Crippen LogP contribution in [0.3, 0.4) is 0 Å². The second-order valence-corrected chi connectivity index (χ2v) is 16.0. The third kappa shape index (κ3) is 8.15. The average molecular weight is 701 g/mol. The molecule has 2 aromatic rings. The van der Waals surface area contributed by atoms with Gasteiger partial charge in [0, 0.05) is 44.8 Å². The molecule has 49 heavy (non-hydrogen) atoms. The quantitative estimate of drug-likeness (QED) is 0.323. The number of nitrogens with zero attached hydrogens (tertiary/aromatic N) is 4. The smallest absolute Gasteiger partial charge is 0.410 e. The van der Waals surface area contributed by atoms with Crippen molar-refractivity contribution in [2.45, 2.75) is 82.3 Å². The van der Waals surface area contributed by atoms with Crippen LogP contribution in [0.4, 0.5) is 10.5 Å². The number of hydrogen-bond acceptors (Lipinski definition) is 9. The van der Waals surface area contributed by atoms with Crippen molar-refractivity contribution in [1.29, 1.82) is 0 Å². The van der Waals surface area contributed by atoms with Gasteiger partial charge in [-0.15, -0.1) is 0 Å². The van der Waals surface area contributed by atoms with Crippen molar-refractivity contribution in [3.8, 4) is 5.75 Å². The van der Waals surface area contributed by atoms with Crippen molar-refractivity contribution < 1.29 is 42.3 Å². The van der Waals surface area contributed by atoms with Gasteiger partial charge < -0.3 is 24.4 Å². The van der Waals surface area contributed by atoms with E-state index in [2.05, 4.69) is 0 Å². The number of ether oxygens (including phenoxy) is 2. The van der Waals surface area contributed by atoms with Crippen molar-refractivity contribution in [1.82, 2.24) is 14.1 Å². The maximum absolute atomic E-state index is 14.4. The molecule has 5 rings (SSSR count). The van der Waals surface area contributed by atoms with Crippen LogP contribution >= 0.6 is 0 Å². The molecule has 1 aliphatic carbocycles. The zero-order valence-corrected chi connectivity index (χ0v) is 28.9. The standard InChI is InChI=1S/C34H44N4O10S/c1-33(2,3)48-32(42)35-18-15-34(16-19-35)14-7-17-36(49(45,46)29-11-5-4-10-27(29)38(43)44)20-21-47-28-13-12-24(31(40)41)22-26(28)30(39)37(23-34)25-8-6-9-25/h4-5,10-13,22,25H,6-9,14-21,23H2,1-3H3,(H,40,41). The first kappa shape index (κ1) is 36.1. The minimum atomic E-state index is -4.35. The Balaban J connectivity index is 1.53. The van der Waals surface area contributed by atoms with E-state index in [4.69, 9.17) is 9.47 Å². The molecule has 14 nitrogen and oxygen atoms in total. The molecule has 1 saturated heterocycles. The molecule has 2 amide bonds. The first-order valence-electron chi connectivity index (χ1n) is 16.6. The van der Waals surface area contributed by atoms with Crippen molar-refractivity contribution >= 4 is 33.7 Å². The molecule has 1 spiro atoms. The third-order valence-electron chi connectivity index (χ3n) is 9.61. The van der Waals surface area contributed by atoms with Crippen LogP contribution in [0, 0.1) is 15.5 Å². The van der Waals surface area contributed by atoms with Gasteiger partial charge in [0.25, 0.3) is 11.6 Å². The molecule has 2 heterocycles. The van der Waals surface area contributed by atoms with E-state index in [1.54, 1.807) is 25.7 Å². The lowest BCUT2D eigenvalue weighted by Crippen LogP contribution is -2.53. The third-order valence-corrected chi connectivity index (χ3v) is 11.6. The number of rotatable bonds is 5. The highest BCUT2D eigenvalue weighted by Gasteiger charge is 2.43. The number of carboxylic acids is 1. The number of carboxylic acid groups (broad SMARTS) is 1. The highest BCUT2D eigenvalue weighted by molar-refractivity contribution is 7.89. The van der Waals surface area contributed by atoms with E-state index in [0.717, 1.165) is 25.3 Å². The van der Waals surface area contributed by atoms with Crippen LogP contribution in [0.2, 0.25) is 0 Å². The zero-order chi connectivity index (χ0) is 35.6. The SMILES string of the molecule is CC(C)(C)OC(=O)N1CCC2(CCCN(S(=O)(=O)c3ccccc3[N+](=O)[O-])CCOc3ccc(C(=O)O)cc3C(=O)N(C3CCC3)C2)CC1. The van der Waals surface area contributed by atoms with Gasteiger partial charge in [0.1, 0.15) is 18.0 Å². The minimum absolute atomic E-state index is 0.0391. The number of hydrogen-bond donors (Lipinski definition) is 1. The Morgan fingerprint density at radius 1 is 1.02 bits per heavy atom. The first-order chi connectivity index (χ1) is 23.1. The number of amides is 2. The van der Waals surface area contributed by atoms with Crippen LogP contribution in [-0.2, 0) is 14.8 Å². The number of carbonyl (C=O) groups excluding carboxylic acids is 2. The summed E-state index contributed by atoms with van der Waals surface area (Å²) in [5, 5.41) is 21.5. The predicted octanol–water partition coefficient (Wildman–Crippen LogP) is 5.17. The van der Waals surface area contributed by atoms with E-state index in [9.17, 15) is 38.0 Å². The van der Waals surface area contributed by atoms with Crippen molar-refractivity contribution in [3.63, 3.8) is 0 Å². The molecule has 0 unspecified atom stereocenters. The highest BCUT2D eigenvalue weighted by atomic mass is 32.2.